The summed E-state index contributed by atoms with van der Waals surface area (Å²) in [6.07, 6.45) is 4.97. The number of benzene rings is 1. The van der Waals surface area contributed by atoms with Gasteiger partial charge in [0.25, 0.3) is 0 Å². The van der Waals surface area contributed by atoms with Crippen molar-refractivity contribution in [2.24, 2.45) is 0 Å². The number of nitrogens with zero attached hydrogens (tertiary/aromatic N) is 2. The van der Waals surface area contributed by atoms with Crippen LogP contribution in [0.4, 0.5) is 21.7 Å². The first-order valence-electron chi connectivity index (χ1n) is 6.97. The van der Waals surface area contributed by atoms with Gasteiger partial charge in [0.15, 0.2) is 0 Å². The van der Waals surface area contributed by atoms with Crippen LogP contribution in [0.5, 0.6) is 0 Å². The monoisotopic (exact) mass is 308 g/mol. The van der Waals surface area contributed by atoms with Gasteiger partial charge in [-0.05, 0) is 24.6 Å². The summed E-state index contributed by atoms with van der Waals surface area (Å²) in [6.45, 7) is 3.05. The molecular formula is C15H18ClFN4. The highest BCUT2D eigenvalue weighted by Gasteiger charge is 2.03. The molecule has 0 atom stereocenters. The summed E-state index contributed by atoms with van der Waals surface area (Å²) in [6, 6.07) is 6.25. The minimum Gasteiger partial charge on any atom is -0.370 e. The van der Waals surface area contributed by atoms with Crippen LogP contribution in [0.3, 0.4) is 0 Å². The van der Waals surface area contributed by atoms with Gasteiger partial charge in [0.2, 0.25) is 0 Å². The maximum atomic E-state index is 13.1. The first-order valence-corrected chi connectivity index (χ1v) is 7.35. The Morgan fingerprint density at radius 2 is 1.95 bits per heavy atom. The summed E-state index contributed by atoms with van der Waals surface area (Å²) in [5.41, 5.74) is 0.678. The molecule has 2 rings (SSSR count). The van der Waals surface area contributed by atoms with E-state index in [4.69, 9.17) is 11.6 Å². The average Bonchev–Trinajstić information content (AvgIpc) is 2.48. The van der Waals surface area contributed by atoms with Crippen LogP contribution < -0.4 is 10.6 Å². The second-order valence-corrected chi connectivity index (χ2v) is 5.08. The van der Waals surface area contributed by atoms with Crippen molar-refractivity contribution in [3.8, 4) is 0 Å². The largest absolute Gasteiger partial charge is 0.370 e. The predicted molar refractivity (Wildman–Crippen MR) is 84.7 cm³/mol. The Morgan fingerprint density at radius 3 is 2.71 bits per heavy atom. The van der Waals surface area contributed by atoms with Crippen LogP contribution in [0.1, 0.15) is 26.2 Å². The number of rotatable bonds is 7. The maximum Gasteiger partial charge on any atom is 0.141 e. The van der Waals surface area contributed by atoms with Crippen molar-refractivity contribution in [1.82, 2.24) is 9.97 Å². The molecule has 4 nitrogen and oxygen atoms in total. The number of nitrogens with one attached hydrogen (secondary N) is 2. The van der Waals surface area contributed by atoms with Crippen LogP contribution in [0.2, 0.25) is 5.02 Å². The summed E-state index contributed by atoms with van der Waals surface area (Å²) in [7, 11) is 0. The fraction of sp³-hybridized carbons (Fsp3) is 0.333. The lowest BCUT2D eigenvalue weighted by Crippen LogP contribution is -2.04. The van der Waals surface area contributed by atoms with Gasteiger partial charge in [-0.1, -0.05) is 31.4 Å². The molecular weight excluding hydrogens is 291 g/mol. The van der Waals surface area contributed by atoms with Crippen LogP contribution in [-0.2, 0) is 0 Å². The van der Waals surface area contributed by atoms with Crippen molar-refractivity contribution in [1.29, 1.82) is 0 Å². The zero-order valence-corrected chi connectivity index (χ0v) is 12.6. The lowest BCUT2D eigenvalue weighted by atomic mass is 10.2. The van der Waals surface area contributed by atoms with Gasteiger partial charge >= 0.3 is 0 Å². The van der Waals surface area contributed by atoms with Gasteiger partial charge < -0.3 is 10.6 Å². The molecule has 0 aliphatic rings. The summed E-state index contributed by atoms with van der Waals surface area (Å²) in [5, 5.41) is 6.40. The Kier molecular flexibility index (Phi) is 5.75. The van der Waals surface area contributed by atoms with E-state index >= 15 is 0 Å². The second kappa shape index (κ2) is 7.78. The Balaban J connectivity index is 1.98. The van der Waals surface area contributed by atoms with Gasteiger partial charge in [-0.15, -0.1) is 0 Å². The van der Waals surface area contributed by atoms with Crippen LogP contribution >= 0.6 is 11.6 Å². The molecule has 0 aliphatic carbocycles. The van der Waals surface area contributed by atoms with Gasteiger partial charge in [0.05, 0.1) is 5.02 Å². The van der Waals surface area contributed by atoms with E-state index in [1.54, 1.807) is 6.07 Å². The SMILES string of the molecule is CCCCCNc1cc(Nc2ccc(F)c(Cl)c2)ncn1. The van der Waals surface area contributed by atoms with Crippen molar-refractivity contribution in [2.75, 3.05) is 17.2 Å². The molecule has 1 aromatic carbocycles. The van der Waals surface area contributed by atoms with Gasteiger partial charge in [-0.2, -0.15) is 0 Å². The molecule has 0 saturated heterocycles. The highest BCUT2D eigenvalue weighted by atomic mass is 35.5. The fourth-order valence-electron chi connectivity index (χ4n) is 1.84. The standard InChI is InChI=1S/C15H18ClFN4/c1-2-3-4-7-18-14-9-15(20-10-19-14)21-11-5-6-13(17)12(16)8-11/h5-6,8-10H,2-4,7H2,1H3,(H2,18,19,20,21). The van der Waals surface area contributed by atoms with E-state index in [0.29, 0.717) is 11.5 Å². The van der Waals surface area contributed by atoms with Crippen LogP contribution in [0.25, 0.3) is 0 Å². The van der Waals surface area contributed by atoms with Crippen molar-refractivity contribution in [3.05, 3.63) is 41.4 Å². The highest BCUT2D eigenvalue weighted by molar-refractivity contribution is 6.31. The molecule has 0 fully saturated rings. The van der Waals surface area contributed by atoms with E-state index in [1.807, 2.05) is 6.07 Å². The van der Waals surface area contributed by atoms with E-state index < -0.39 is 5.82 Å². The second-order valence-electron chi connectivity index (χ2n) is 4.68. The Morgan fingerprint density at radius 1 is 1.14 bits per heavy atom. The first kappa shape index (κ1) is 15.5. The van der Waals surface area contributed by atoms with Crippen LogP contribution in [-0.4, -0.2) is 16.5 Å². The summed E-state index contributed by atoms with van der Waals surface area (Å²) < 4.78 is 13.1. The van der Waals surface area contributed by atoms with Gasteiger partial charge in [-0.3, -0.25) is 0 Å². The topological polar surface area (TPSA) is 49.8 Å². The molecule has 0 unspecified atom stereocenters. The van der Waals surface area contributed by atoms with Crippen molar-refractivity contribution >= 4 is 28.9 Å². The normalized spacial score (nSPS) is 10.4. The van der Waals surface area contributed by atoms with Gasteiger partial charge in [0, 0.05) is 18.3 Å². The number of hydrogen-bond donors (Lipinski definition) is 2. The zero-order valence-electron chi connectivity index (χ0n) is 11.9. The average molecular weight is 309 g/mol. The number of hydrogen-bond acceptors (Lipinski definition) is 4. The Labute approximate surface area is 128 Å². The first-order chi connectivity index (χ1) is 10.2. The number of aromatic nitrogens is 2. The van der Waals surface area contributed by atoms with Gasteiger partial charge in [-0.25, -0.2) is 14.4 Å². The summed E-state index contributed by atoms with van der Waals surface area (Å²) in [4.78, 5) is 8.29. The molecule has 112 valence electrons. The van der Waals surface area contributed by atoms with Crippen LogP contribution in [0, 0.1) is 5.82 Å². The van der Waals surface area contributed by atoms with E-state index in [2.05, 4.69) is 27.5 Å². The number of anilines is 3. The molecule has 0 spiro atoms. The Hall–Kier alpha value is -1.88. The molecule has 6 heteroatoms. The predicted octanol–water partition coefficient (Wildman–Crippen LogP) is 4.61. The molecule has 0 bridgehead atoms. The number of unbranched alkanes of at least 4 members (excludes halogenated alkanes) is 2. The molecule has 21 heavy (non-hydrogen) atoms. The minimum absolute atomic E-state index is 0.0759. The lowest BCUT2D eigenvalue weighted by Gasteiger charge is -2.09. The molecule has 1 aromatic heterocycles. The third kappa shape index (κ3) is 4.86. The molecule has 0 radical (unpaired) electrons. The maximum absolute atomic E-state index is 13.1. The molecule has 2 aromatic rings. The summed E-state index contributed by atoms with van der Waals surface area (Å²) in [5.74, 6) is 0.950. The van der Waals surface area contributed by atoms with Crippen LogP contribution in [0.15, 0.2) is 30.6 Å². The molecule has 2 N–H and O–H groups in total. The molecule has 1 heterocycles. The van der Waals surface area contributed by atoms with Gasteiger partial charge in [0.1, 0.15) is 23.8 Å². The van der Waals surface area contributed by atoms with Crippen molar-refractivity contribution in [3.63, 3.8) is 0 Å². The van der Waals surface area contributed by atoms with E-state index in [0.717, 1.165) is 18.8 Å². The van der Waals surface area contributed by atoms with E-state index in [1.165, 1.54) is 31.3 Å². The van der Waals surface area contributed by atoms with Crippen molar-refractivity contribution in [2.45, 2.75) is 26.2 Å². The quantitative estimate of drug-likeness (QED) is 0.733. The Bertz CT molecular complexity index is 592. The minimum atomic E-state index is -0.441. The molecule has 0 aliphatic heterocycles. The van der Waals surface area contributed by atoms with E-state index in [-0.39, 0.29) is 5.02 Å². The fourth-order valence-corrected chi connectivity index (χ4v) is 2.02. The van der Waals surface area contributed by atoms with E-state index in [9.17, 15) is 4.39 Å². The zero-order chi connectivity index (χ0) is 15.1. The third-order valence-electron chi connectivity index (χ3n) is 2.95. The lowest BCUT2D eigenvalue weighted by molar-refractivity contribution is 0.628. The highest BCUT2D eigenvalue weighted by Crippen LogP contribution is 2.22. The van der Waals surface area contributed by atoms with Crippen molar-refractivity contribution < 1.29 is 4.39 Å². The molecule has 0 saturated carbocycles. The summed E-state index contributed by atoms with van der Waals surface area (Å²) >= 11 is 5.75. The number of halogens is 2. The molecule has 0 amide bonds. The third-order valence-corrected chi connectivity index (χ3v) is 3.24. The smallest absolute Gasteiger partial charge is 0.141 e.